The third-order valence-corrected chi connectivity index (χ3v) is 2.10. The van der Waals surface area contributed by atoms with Crippen LogP contribution >= 0.6 is 0 Å². The summed E-state index contributed by atoms with van der Waals surface area (Å²) >= 11 is 0. The zero-order chi connectivity index (χ0) is 9.14. The number of amides is 3. The lowest BCUT2D eigenvalue weighted by molar-refractivity contribution is -0.118. The van der Waals surface area contributed by atoms with Crippen LogP contribution in [-0.2, 0) is 4.79 Å². The standard InChI is InChI=1S/C8H14N2O2/c1-3-6(2)4-10-5-7(11)9-8(10)12/h6H,3-5H2,1-2H3,(H,9,11,12). The monoisotopic (exact) mass is 170 g/mol. The van der Waals surface area contributed by atoms with Crippen LogP contribution in [0.15, 0.2) is 0 Å². The van der Waals surface area contributed by atoms with E-state index in [-0.39, 0.29) is 18.5 Å². The average Bonchev–Trinajstić information content (AvgIpc) is 2.30. The van der Waals surface area contributed by atoms with Crippen molar-refractivity contribution in [2.75, 3.05) is 13.1 Å². The Labute approximate surface area is 71.9 Å². The summed E-state index contributed by atoms with van der Waals surface area (Å²) in [6, 6.07) is -0.250. The molecule has 0 aliphatic carbocycles. The normalized spacial score (nSPS) is 19.7. The van der Waals surface area contributed by atoms with E-state index in [1.807, 2.05) is 0 Å². The first-order chi connectivity index (χ1) is 5.63. The first-order valence-electron chi connectivity index (χ1n) is 4.22. The highest BCUT2D eigenvalue weighted by Gasteiger charge is 2.26. The van der Waals surface area contributed by atoms with Crippen LogP contribution in [0.1, 0.15) is 20.3 Å². The molecule has 1 unspecified atom stereocenters. The second-order valence-electron chi connectivity index (χ2n) is 3.25. The van der Waals surface area contributed by atoms with Crippen molar-refractivity contribution in [3.05, 3.63) is 0 Å². The van der Waals surface area contributed by atoms with E-state index in [0.717, 1.165) is 6.42 Å². The summed E-state index contributed by atoms with van der Waals surface area (Å²) in [5.74, 6) is 0.268. The van der Waals surface area contributed by atoms with Crippen molar-refractivity contribution >= 4 is 11.9 Å². The first kappa shape index (κ1) is 9.03. The van der Waals surface area contributed by atoms with Gasteiger partial charge in [0.2, 0.25) is 5.91 Å². The minimum absolute atomic E-state index is 0.191. The summed E-state index contributed by atoms with van der Waals surface area (Å²) in [4.78, 5) is 23.3. The third-order valence-electron chi connectivity index (χ3n) is 2.10. The number of rotatable bonds is 3. The van der Waals surface area contributed by atoms with Gasteiger partial charge in [0.05, 0.1) is 0 Å². The van der Waals surface area contributed by atoms with Gasteiger partial charge in [-0.05, 0) is 5.92 Å². The van der Waals surface area contributed by atoms with Gasteiger partial charge in [-0.1, -0.05) is 20.3 Å². The summed E-state index contributed by atoms with van der Waals surface area (Å²) in [6.07, 6.45) is 1.03. The second kappa shape index (κ2) is 3.56. The van der Waals surface area contributed by atoms with Crippen LogP contribution in [0.5, 0.6) is 0 Å². The molecule has 1 aliphatic rings. The number of hydrogen-bond donors (Lipinski definition) is 1. The predicted octanol–water partition coefficient (Wildman–Crippen LogP) is 0.584. The van der Waals surface area contributed by atoms with Crippen molar-refractivity contribution in [3.8, 4) is 0 Å². The molecule has 4 nitrogen and oxygen atoms in total. The Morgan fingerprint density at radius 3 is 2.67 bits per heavy atom. The molecule has 1 N–H and O–H groups in total. The van der Waals surface area contributed by atoms with Crippen LogP contribution in [0.4, 0.5) is 4.79 Å². The Balaban J connectivity index is 2.43. The first-order valence-corrected chi connectivity index (χ1v) is 4.22. The van der Waals surface area contributed by atoms with Gasteiger partial charge in [-0.3, -0.25) is 10.1 Å². The summed E-state index contributed by atoms with van der Waals surface area (Å²) in [5, 5.41) is 2.24. The molecule has 1 atom stereocenters. The van der Waals surface area contributed by atoms with E-state index < -0.39 is 0 Å². The molecular weight excluding hydrogens is 156 g/mol. The van der Waals surface area contributed by atoms with E-state index in [1.54, 1.807) is 4.90 Å². The number of carbonyl (C=O) groups is 2. The minimum Gasteiger partial charge on any atom is -0.315 e. The molecule has 3 amide bonds. The maximum Gasteiger partial charge on any atom is 0.324 e. The lowest BCUT2D eigenvalue weighted by atomic mass is 10.1. The van der Waals surface area contributed by atoms with Gasteiger partial charge in [0.15, 0.2) is 0 Å². The number of urea groups is 1. The third kappa shape index (κ3) is 1.96. The van der Waals surface area contributed by atoms with Gasteiger partial charge in [0, 0.05) is 6.54 Å². The van der Waals surface area contributed by atoms with E-state index in [2.05, 4.69) is 19.2 Å². The summed E-state index contributed by atoms with van der Waals surface area (Å²) in [5.41, 5.74) is 0. The van der Waals surface area contributed by atoms with Crippen LogP contribution in [0.25, 0.3) is 0 Å². The zero-order valence-electron chi connectivity index (χ0n) is 7.46. The molecule has 68 valence electrons. The quantitative estimate of drug-likeness (QED) is 0.630. The molecule has 0 aromatic rings. The van der Waals surface area contributed by atoms with Crippen molar-refractivity contribution in [2.45, 2.75) is 20.3 Å². The van der Waals surface area contributed by atoms with Crippen LogP contribution in [0.2, 0.25) is 0 Å². The lowest BCUT2D eigenvalue weighted by Gasteiger charge is -2.16. The van der Waals surface area contributed by atoms with Crippen molar-refractivity contribution < 1.29 is 9.59 Å². The number of hydrogen-bond acceptors (Lipinski definition) is 2. The number of nitrogens with zero attached hydrogens (tertiary/aromatic N) is 1. The summed E-state index contributed by atoms with van der Waals surface area (Å²) in [7, 11) is 0. The Bertz CT molecular complexity index is 203. The van der Waals surface area contributed by atoms with Crippen LogP contribution < -0.4 is 5.32 Å². The number of carbonyl (C=O) groups excluding carboxylic acids is 2. The molecule has 1 rings (SSSR count). The van der Waals surface area contributed by atoms with E-state index in [1.165, 1.54) is 0 Å². The molecule has 1 aliphatic heterocycles. The smallest absolute Gasteiger partial charge is 0.315 e. The molecule has 4 heteroatoms. The fourth-order valence-corrected chi connectivity index (χ4v) is 1.14. The number of imide groups is 1. The molecule has 1 fully saturated rings. The largest absolute Gasteiger partial charge is 0.324 e. The molecule has 0 spiro atoms. The van der Waals surface area contributed by atoms with Crippen LogP contribution in [-0.4, -0.2) is 29.9 Å². The molecule has 12 heavy (non-hydrogen) atoms. The second-order valence-corrected chi connectivity index (χ2v) is 3.25. The highest BCUT2D eigenvalue weighted by Crippen LogP contribution is 2.06. The van der Waals surface area contributed by atoms with Gasteiger partial charge in [-0.2, -0.15) is 0 Å². The fraction of sp³-hybridized carbons (Fsp3) is 0.750. The van der Waals surface area contributed by atoms with E-state index in [9.17, 15) is 9.59 Å². The highest BCUT2D eigenvalue weighted by atomic mass is 16.2. The van der Waals surface area contributed by atoms with E-state index in [0.29, 0.717) is 12.5 Å². The zero-order valence-corrected chi connectivity index (χ0v) is 7.46. The van der Waals surface area contributed by atoms with Gasteiger partial charge in [0.1, 0.15) is 6.54 Å². The molecule has 0 aromatic heterocycles. The van der Waals surface area contributed by atoms with Crippen LogP contribution in [0, 0.1) is 5.92 Å². The SMILES string of the molecule is CCC(C)CN1CC(=O)NC1=O. The van der Waals surface area contributed by atoms with Crippen molar-refractivity contribution in [1.82, 2.24) is 10.2 Å². The average molecular weight is 170 g/mol. The van der Waals surface area contributed by atoms with Gasteiger partial charge < -0.3 is 4.90 Å². The van der Waals surface area contributed by atoms with Gasteiger partial charge in [-0.15, -0.1) is 0 Å². The Morgan fingerprint density at radius 1 is 1.58 bits per heavy atom. The fourth-order valence-electron chi connectivity index (χ4n) is 1.14. The van der Waals surface area contributed by atoms with E-state index in [4.69, 9.17) is 0 Å². The summed E-state index contributed by atoms with van der Waals surface area (Å²) in [6.45, 7) is 5.04. The maximum absolute atomic E-state index is 11.0. The lowest BCUT2D eigenvalue weighted by Crippen LogP contribution is -2.31. The van der Waals surface area contributed by atoms with E-state index >= 15 is 0 Å². The molecule has 0 aromatic carbocycles. The van der Waals surface area contributed by atoms with Gasteiger partial charge >= 0.3 is 6.03 Å². The molecule has 0 saturated carbocycles. The van der Waals surface area contributed by atoms with Crippen molar-refractivity contribution in [3.63, 3.8) is 0 Å². The Morgan fingerprint density at radius 2 is 2.25 bits per heavy atom. The van der Waals surface area contributed by atoms with Crippen molar-refractivity contribution in [1.29, 1.82) is 0 Å². The maximum atomic E-state index is 11.0. The Kier molecular flexibility index (Phi) is 2.68. The number of nitrogens with one attached hydrogen (secondary N) is 1. The molecule has 0 radical (unpaired) electrons. The highest BCUT2D eigenvalue weighted by molar-refractivity contribution is 6.01. The minimum atomic E-state index is -0.250. The topological polar surface area (TPSA) is 49.4 Å². The molecular formula is C8H14N2O2. The summed E-state index contributed by atoms with van der Waals surface area (Å²) < 4.78 is 0. The molecule has 0 bridgehead atoms. The van der Waals surface area contributed by atoms with Crippen LogP contribution in [0.3, 0.4) is 0 Å². The molecule has 1 saturated heterocycles. The Hall–Kier alpha value is -1.06. The van der Waals surface area contributed by atoms with Gasteiger partial charge in [0.25, 0.3) is 0 Å². The van der Waals surface area contributed by atoms with Gasteiger partial charge in [-0.25, -0.2) is 4.79 Å². The molecule has 1 heterocycles. The van der Waals surface area contributed by atoms with Crippen molar-refractivity contribution in [2.24, 2.45) is 5.92 Å². The predicted molar refractivity (Wildman–Crippen MR) is 44.6 cm³/mol.